The van der Waals surface area contributed by atoms with E-state index in [2.05, 4.69) is 64.0 Å². The Morgan fingerprint density at radius 1 is 0.950 bits per heavy atom. The zero-order chi connectivity index (χ0) is 15.4. The van der Waals surface area contributed by atoms with Gasteiger partial charge in [0.05, 0.1) is 11.4 Å². The molecule has 0 bridgehead atoms. The highest BCUT2D eigenvalue weighted by Gasteiger charge is 2.06. The van der Waals surface area contributed by atoms with Crippen LogP contribution in [0, 0.1) is 13.8 Å². The fraction of sp³-hybridized carbons (Fsp3) is 0.625. The van der Waals surface area contributed by atoms with Crippen molar-refractivity contribution in [3.05, 3.63) is 34.9 Å². The lowest BCUT2D eigenvalue weighted by molar-refractivity contribution is 0.698. The van der Waals surface area contributed by atoms with Crippen LogP contribution in [0.15, 0.2) is 12.3 Å². The number of aromatic nitrogens is 4. The molecule has 0 aromatic carbocycles. The third-order valence-electron chi connectivity index (χ3n) is 3.32. The fourth-order valence-electron chi connectivity index (χ4n) is 2.07. The maximum absolute atomic E-state index is 4.33. The lowest BCUT2D eigenvalue weighted by atomic mass is 10.1. The van der Waals surface area contributed by atoms with E-state index >= 15 is 0 Å². The van der Waals surface area contributed by atoms with Gasteiger partial charge in [-0.25, -0.2) is 0 Å². The molecule has 0 aliphatic rings. The summed E-state index contributed by atoms with van der Waals surface area (Å²) in [7, 11) is 3.93. The Morgan fingerprint density at radius 2 is 1.55 bits per heavy atom. The molecule has 0 fully saturated rings. The van der Waals surface area contributed by atoms with Gasteiger partial charge in [0.25, 0.3) is 0 Å². The van der Waals surface area contributed by atoms with Gasteiger partial charge in [-0.1, -0.05) is 27.7 Å². The molecule has 0 saturated carbocycles. The first-order valence-electron chi connectivity index (χ1n) is 7.23. The number of hydrogen-bond donors (Lipinski definition) is 0. The summed E-state index contributed by atoms with van der Waals surface area (Å²) >= 11 is 0. The molecule has 2 heterocycles. The van der Waals surface area contributed by atoms with E-state index < -0.39 is 0 Å². The van der Waals surface area contributed by atoms with E-state index in [1.807, 2.05) is 23.5 Å². The molecule has 2 aromatic rings. The summed E-state index contributed by atoms with van der Waals surface area (Å²) in [6.45, 7) is 12.8. The van der Waals surface area contributed by atoms with Crippen molar-refractivity contribution in [1.29, 1.82) is 0 Å². The van der Waals surface area contributed by atoms with E-state index in [9.17, 15) is 0 Å². The Bertz CT molecular complexity index is 527. The number of nitrogens with zero attached hydrogens (tertiary/aromatic N) is 4. The molecule has 2 aromatic heterocycles. The maximum atomic E-state index is 4.33. The lowest BCUT2D eigenvalue weighted by Gasteiger charge is -1.98. The standard InChI is InChI=1S/2C8H14N2/c1-6(2)8-7(3)5-10(4)9-8;1-6(2)8-5-7(3)10(4)9-8/h2*5-6H,1-4H3. The average molecular weight is 276 g/mol. The Balaban J connectivity index is 0.000000200. The van der Waals surface area contributed by atoms with Crippen molar-refractivity contribution in [3.8, 4) is 0 Å². The van der Waals surface area contributed by atoms with Crippen LogP contribution in [0.25, 0.3) is 0 Å². The van der Waals surface area contributed by atoms with Crippen molar-refractivity contribution < 1.29 is 0 Å². The SMILES string of the molecule is Cc1cc(C(C)C)nn1C.Cc1cn(C)nc1C(C)C. The second kappa shape index (κ2) is 6.73. The largest absolute Gasteiger partial charge is 0.275 e. The molecule has 4 heteroatoms. The van der Waals surface area contributed by atoms with Gasteiger partial charge in [-0.2, -0.15) is 10.2 Å². The molecular formula is C16H28N4. The zero-order valence-corrected chi connectivity index (χ0v) is 14.1. The summed E-state index contributed by atoms with van der Waals surface area (Å²) in [5, 5.41) is 8.65. The molecule has 4 nitrogen and oxygen atoms in total. The fourth-order valence-corrected chi connectivity index (χ4v) is 2.07. The number of rotatable bonds is 2. The van der Waals surface area contributed by atoms with Gasteiger partial charge in [-0.05, 0) is 37.3 Å². The number of hydrogen-bond acceptors (Lipinski definition) is 2. The Kier molecular flexibility index (Phi) is 5.54. The molecule has 0 amide bonds. The average Bonchev–Trinajstić information content (AvgIpc) is 2.84. The van der Waals surface area contributed by atoms with Crippen molar-refractivity contribution in [2.45, 2.75) is 53.4 Å². The monoisotopic (exact) mass is 276 g/mol. The minimum atomic E-state index is 0.542. The van der Waals surface area contributed by atoms with Crippen molar-refractivity contribution in [1.82, 2.24) is 19.6 Å². The molecule has 0 aliphatic heterocycles. The van der Waals surface area contributed by atoms with Gasteiger partial charge >= 0.3 is 0 Å². The molecule has 0 unspecified atom stereocenters. The molecule has 0 atom stereocenters. The van der Waals surface area contributed by atoms with Crippen molar-refractivity contribution in [2.75, 3.05) is 0 Å². The van der Waals surface area contributed by atoms with Gasteiger partial charge in [-0.3, -0.25) is 9.36 Å². The summed E-state index contributed by atoms with van der Waals surface area (Å²) < 4.78 is 3.78. The third-order valence-corrected chi connectivity index (χ3v) is 3.32. The van der Waals surface area contributed by atoms with Crippen LogP contribution in [0.5, 0.6) is 0 Å². The van der Waals surface area contributed by atoms with Crippen LogP contribution >= 0.6 is 0 Å². The highest BCUT2D eigenvalue weighted by atomic mass is 15.3. The van der Waals surface area contributed by atoms with Gasteiger partial charge in [0.15, 0.2) is 0 Å². The first-order valence-corrected chi connectivity index (χ1v) is 7.23. The van der Waals surface area contributed by atoms with E-state index in [1.165, 1.54) is 22.6 Å². The van der Waals surface area contributed by atoms with Crippen LogP contribution < -0.4 is 0 Å². The van der Waals surface area contributed by atoms with Crippen LogP contribution in [-0.2, 0) is 14.1 Å². The first kappa shape index (κ1) is 16.5. The lowest BCUT2D eigenvalue weighted by Crippen LogP contribution is -1.94. The van der Waals surface area contributed by atoms with Crippen molar-refractivity contribution in [2.24, 2.45) is 14.1 Å². The van der Waals surface area contributed by atoms with Gasteiger partial charge in [0.2, 0.25) is 0 Å². The Labute approximate surface area is 122 Å². The van der Waals surface area contributed by atoms with Crippen LogP contribution in [-0.4, -0.2) is 19.6 Å². The highest BCUT2D eigenvalue weighted by molar-refractivity contribution is 5.17. The van der Waals surface area contributed by atoms with Crippen LogP contribution in [0.3, 0.4) is 0 Å². The highest BCUT2D eigenvalue weighted by Crippen LogP contribution is 2.15. The second-order valence-corrected chi connectivity index (χ2v) is 6.01. The van der Waals surface area contributed by atoms with Gasteiger partial charge in [-0.15, -0.1) is 0 Å². The van der Waals surface area contributed by atoms with Crippen molar-refractivity contribution >= 4 is 0 Å². The predicted molar refractivity (Wildman–Crippen MR) is 84.1 cm³/mol. The summed E-state index contributed by atoms with van der Waals surface area (Å²) in [5.41, 5.74) is 4.91. The number of aryl methyl sites for hydroxylation is 4. The molecule has 0 spiro atoms. The molecule has 0 radical (unpaired) electrons. The van der Waals surface area contributed by atoms with Crippen molar-refractivity contribution in [3.63, 3.8) is 0 Å². The zero-order valence-electron chi connectivity index (χ0n) is 14.1. The smallest absolute Gasteiger partial charge is 0.0678 e. The molecule has 0 N–H and O–H groups in total. The molecule has 0 aliphatic carbocycles. The minimum Gasteiger partial charge on any atom is -0.275 e. The molecule has 112 valence electrons. The molecular weight excluding hydrogens is 248 g/mol. The minimum absolute atomic E-state index is 0.542. The quantitative estimate of drug-likeness (QED) is 0.838. The Hall–Kier alpha value is -1.58. The third kappa shape index (κ3) is 4.22. The van der Waals surface area contributed by atoms with E-state index in [4.69, 9.17) is 0 Å². The van der Waals surface area contributed by atoms with Crippen LogP contribution in [0.1, 0.15) is 62.2 Å². The summed E-state index contributed by atoms with van der Waals surface area (Å²) in [5.74, 6) is 1.08. The normalized spacial score (nSPS) is 10.9. The first-order chi connectivity index (χ1) is 9.22. The molecule has 0 saturated heterocycles. The van der Waals surface area contributed by atoms with Gasteiger partial charge in [0, 0.05) is 26.0 Å². The van der Waals surface area contributed by atoms with E-state index in [-0.39, 0.29) is 0 Å². The van der Waals surface area contributed by atoms with Crippen LogP contribution in [0.2, 0.25) is 0 Å². The molecule has 20 heavy (non-hydrogen) atoms. The molecule has 2 rings (SSSR count). The summed E-state index contributed by atoms with van der Waals surface area (Å²) in [4.78, 5) is 0. The van der Waals surface area contributed by atoms with Gasteiger partial charge < -0.3 is 0 Å². The maximum Gasteiger partial charge on any atom is 0.0678 e. The van der Waals surface area contributed by atoms with E-state index in [1.54, 1.807) is 0 Å². The predicted octanol–water partition coefficient (Wildman–Crippen LogP) is 3.70. The summed E-state index contributed by atoms with van der Waals surface area (Å²) in [6.07, 6.45) is 2.05. The van der Waals surface area contributed by atoms with E-state index in [0.29, 0.717) is 11.8 Å². The second-order valence-electron chi connectivity index (χ2n) is 6.01. The van der Waals surface area contributed by atoms with Gasteiger partial charge in [0.1, 0.15) is 0 Å². The van der Waals surface area contributed by atoms with E-state index in [0.717, 1.165) is 0 Å². The topological polar surface area (TPSA) is 35.6 Å². The summed E-state index contributed by atoms with van der Waals surface area (Å²) in [6, 6.07) is 2.13. The Morgan fingerprint density at radius 3 is 1.75 bits per heavy atom. The van der Waals surface area contributed by atoms with Crippen LogP contribution in [0.4, 0.5) is 0 Å².